The van der Waals surface area contributed by atoms with Crippen molar-refractivity contribution in [3.8, 4) is 10.7 Å². The minimum atomic E-state index is -0.166. The van der Waals surface area contributed by atoms with Gasteiger partial charge in [-0.25, -0.2) is 4.98 Å². The molecule has 2 aromatic heterocycles. The van der Waals surface area contributed by atoms with E-state index in [0.717, 1.165) is 4.88 Å². The van der Waals surface area contributed by atoms with E-state index in [1.54, 1.807) is 18.2 Å². The summed E-state index contributed by atoms with van der Waals surface area (Å²) in [4.78, 5) is 20.0. The van der Waals surface area contributed by atoms with Crippen molar-refractivity contribution < 1.29 is 0 Å². The standard InChI is InChI=1S/C12H7ClN2OS/c13-7-3-4-9-8(6-7)12(16)15-11(14-9)10-2-1-5-17-10/h1-6H,(H,14,15,16). The number of aromatic amines is 1. The first-order chi connectivity index (χ1) is 8.24. The first-order valence-corrected chi connectivity index (χ1v) is 6.23. The van der Waals surface area contributed by atoms with Crippen molar-refractivity contribution in [1.29, 1.82) is 0 Å². The van der Waals surface area contributed by atoms with E-state index in [1.165, 1.54) is 11.3 Å². The van der Waals surface area contributed by atoms with E-state index in [0.29, 0.717) is 21.7 Å². The van der Waals surface area contributed by atoms with Crippen LogP contribution in [0.5, 0.6) is 0 Å². The highest BCUT2D eigenvalue weighted by Gasteiger charge is 2.06. The molecule has 0 fully saturated rings. The van der Waals surface area contributed by atoms with Crippen LogP contribution in [0.15, 0.2) is 40.5 Å². The SMILES string of the molecule is O=c1[nH]c(-c2cccs2)nc2ccc(Cl)cc12. The normalized spacial score (nSPS) is 10.9. The lowest BCUT2D eigenvalue weighted by Gasteiger charge is -2.00. The minimum Gasteiger partial charge on any atom is -0.305 e. The first kappa shape index (κ1) is 10.5. The maximum absolute atomic E-state index is 11.9. The van der Waals surface area contributed by atoms with Gasteiger partial charge in [0.1, 0.15) is 0 Å². The smallest absolute Gasteiger partial charge is 0.259 e. The highest BCUT2D eigenvalue weighted by atomic mass is 35.5. The lowest BCUT2D eigenvalue weighted by molar-refractivity contribution is 1.19. The summed E-state index contributed by atoms with van der Waals surface area (Å²) in [6.45, 7) is 0. The number of hydrogen-bond donors (Lipinski definition) is 1. The van der Waals surface area contributed by atoms with Crippen molar-refractivity contribution in [1.82, 2.24) is 9.97 Å². The van der Waals surface area contributed by atoms with Gasteiger partial charge in [-0.3, -0.25) is 4.79 Å². The van der Waals surface area contributed by atoms with Crippen molar-refractivity contribution in [3.63, 3.8) is 0 Å². The third kappa shape index (κ3) is 1.85. The molecule has 0 atom stereocenters. The molecule has 0 aliphatic rings. The Kier molecular flexibility index (Phi) is 2.46. The van der Waals surface area contributed by atoms with Gasteiger partial charge in [0.15, 0.2) is 5.82 Å². The predicted octanol–water partition coefficient (Wildman–Crippen LogP) is 3.31. The fourth-order valence-corrected chi connectivity index (χ4v) is 2.48. The number of H-pyrrole nitrogens is 1. The molecular formula is C12H7ClN2OS. The van der Waals surface area contributed by atoms with E-state index in [4.69, 9.17) is 11.6 Å². The zero-order valence-electron chi connectivity index (χ0n) is 8.61. The van der Waals surface area contributed by atoms with Crippen molar-refractivity contribution in [3.05, 3.63) is 51.1 Å². The maximum Gasteiger partial charge on any atom is 0.259 e. The van der Waals surface area contributed by atoms with Crippen LogP contribution in [0.25, 0.3) is 21.6 Å². The molecule has 0 spiro atoms. The van der Waals surface area contributed by atoms with E-state index in [-0.39, 0.29) is 5.56 Å². The molecule has 3 nitrogen and oxygen atoms in total. The van der Waals surface area contributed by atoms with Gasteiger partial charge in [0.2, 0.25) is 0 Å². The van der Waals surface area contributed by atoms with Crippen LogP contribution < -0.4 is 5.56 Å². The fourth-order valence-electron chi connectivity index (χ4n) is 1.64. The monoisotopic (exact) mass is 262 g/mol. The largest absolute Gasteiger partial charge is 0.305 e. The number of nitrogens with one attached hydrogen (secondary N) is 1. The van der Waals surface area contributed by atoms with Gasteiger partial charge in [0.05, 0.1) is 15.8 Å². The Morgan fingerprint density at radius 2 is 2.18 bits per heavy atom. The first-order valence-electron chi connectivity index (χ1n) is 4.97. The fraction of sp³-hybridized carbons (Fsp3) is 0. The molecule has 0 saturated heterocycles. The highest BCUT2D eigenvalue weighted by Crippen LogP contribution is 2.22. The van der Waals surface area contributed by atoms with Gasteiger partial charge in [-0.15, -0.1) is 11.3 Å². The minimum absolute atomic E-state index is 0.166. The molecule has 17 heavy (non-hydrogen) atoms. The van der Waals surface area contributed by atoms with Crippen molar-refractivity contribution >= 4 is 33.8 Å². The molecular weight excluding hydrogens is 256 g/mol. The Hall–Kier alpha value is -1.65. The van der Waals surface area contributed by atoms with Crippen molar-refractivity contribution in [2.45, 2.75) is 0 Å². The van der Waals surface area contributed by atoms with Crippen molar-refractivity contribution in [2.24, 2.45) is 0 Å². The molecule has 0 amide bonds. The number of hydrogen-bond acceptors (Lipinski definition) is 3. The van der Waals surface area contributed by atoms with E-state index >= 15 is 0 Å². The van der Waals surface area contributed by atoms with E-state index in [9.17, 15) is 4.79 Å². The predicted molar refractivity (Wildman–Crippen MR) is 70.7 cm³/mol. The molecule has 0 aliphatic carbocycles. The molecule has 0 unspecified atom stereocenters. The molecule has 5 heteroatoms. The molecule has 1 N–H and O–H groups in total. The molecule has 1 aromatic carbocycles. The average Bonchev–Trinajstić information content (AvgIpc) is 2.83. The van der Waals surface area contributed by atoms with Gasteiger partial charge in [-0.05, 0) is 29.6 Å². The number of nitrogens with zero attached hydrogens (tertiary/aromatic N) is 1. The van der Waals surface area contributed by atoms with E-state index in [1.807, 2.05) is 17.5 Å². The van der Waals surface area contributed by atoms with Gasteiger partial charge in [-0.2, -0.15) is 0 Å². The number of thiophene rings is 1. The molecule has 0 aliphatic heterocycles. The number of rotatable bonds is 1. The summed E-state index contributed by atoms with van der Waals surface area (Å²) < 4.78 is 0. The van der Waals surface area contributed by atoms with Crippen LogP contribution in [0, 0.1) is 0 Å². The zero-order valence-corrected chi connectivity index (χ0v) is 10.2. The van der Waals surface area contributed by atoms with Gasteiger partial charge in [0, 0.05) is 5.02 Å². The Morgan fingerprint density at radius 3 is 2.94 bits per heavy atom. The van der Waals surface area contributed by atoms with Gasteiger partial charge < -0.3 is 4.98 Å². The van der Waals surface area contributed by atoms with E-state index < -0.39 is 0 Å². The number of aromatic nitrogens is 2. The van der Waals surface area contributed by atoms with Crippen LogP contribution in [0.3, 0.4) is 0 Å². The Labute approximate surface area is 106 Å². The van der Waals surface area contributed by atoms with Gasteiger partial charge in [-0.1, -0.05) is 17.7 Å². The van der Waals surface area contributed by atoms with Crippen LogP contribution in [-0.2, 0) is 0 Å². The van der Waals surface area contributed by atoms with Crippen LogP contribution in [0.4, 0.5) is 0 Å². The molecule has 84 valence electrons. The summed E-state index contributed by atoms with van der Waals surface area (Å²) in [6.07, 6.45) is 0. The third-order valence-corrected chi connectivity index (χ3v) is 3.53. The number of halogens is 1. The Bertz CT molecular complexity index is 734. The second-order valence-corrected chi connectivity index (χ2v) is 4.94. The Balaban J connectivity index is 2.32. The van der Waals surface area contributed by atoms with Crippen molar-refractivity contribution in [2.75, 3.05) is 0 Å². The number of benzene rings is 1. The highest BCUT2D eigenvalue weighted by molar-refractivity contribution is 7.13. The quantitative estimate of drug-likeness (QED) is 0.731. The number of fused-ring (bicyclic) bond motifs is 1. The van der Waals surface area contributed by atoms with Crippen LogP contribution in [0.1, 0.15) is 0 Å². The molecule has 0 radical (unpaired) electrons. The van der Waals surface area contributed by atoms with Gasteiger partial charge in [0.25, 0.3) is 5.56 Å². The second kappa shape index (κ2) is 3.98. The molecule has 3 rings (SSSR count). The Morgan fingerprint density at radius 1 is 1.29 bits per heavy atom. The second-order valence-electron chi connectivity index (χ2n) is 3.55. The van der Waals surface area contributed by atoms with Crippen LogP contribution in [-0.4, -0.2) is 9.97 Å². The third-order valence-electron chi connectivity index (χ3n) is 2.42. The van der Waals surface area contributed by atoms with Crippen LogP contribution >= 0.6 is 22.9 Å². The molecule has 2 heterocycles. The average molecular weight is 263 g/mol. The molecule has 0 bridgehead atoms. The summed E-state index contributed by atoms with van der Waals surface area (Å²) in [7, 11) is 0. The lowest BCUT2D eigenvalue weighted by atomic mass is 10.2. The molecule has 0 saturated carbocycles. The maximum atomic E-state index is 11.9. The van der Waals surface area contributed by atoms with Crippen LogP contribution in [0.2, 0.25) is 5.02 Å². The summed E-state index contributed by atoms with van der Waals surface area (Å²) in [5.41, 5.74) is 0.488. The summed E-state index contributed by atoms with van der Waals surface area (Å²) in [5.74, 6) is 0.597. The molecule has 3 aromatic rings. The zero-order chi connectivity index (χ0) is 11.8. The lowest BCUT2D eigenvalue weighted by Crippen LogP contribution is -2.08. The topological polar surface area (TPSA) is 45.8 Å². The summed E-state index contributed by atoms with van der Waals surface area (Å²) >= 11 is 7.39. The van der Waals surface area contributed by atoms with Gasteiger partial charge >= 0.3 is 0 Å². The summed E-state index contributed by atoms with van der Waals surface area (Å²) in [6, 6.07) is 8.95. The summed E-state index contributed by atoms with van der Waals surface area (Å²) in [5, 5.41) is 2.99. The van der Waals surface area contributed by atoms with E-state index in [2.05, 4.69) is 9.97 Å².